The summed E-state index contributed by atoms with van der Waals surface area (Å²) in [5, 5.41) is 9.96. The van der Waals surface area contributed by atoms with Crippen LogP contribution in [0.2, 0.25) is 10.0 Å². The van der Waals surface area contributed by atoms with Gasteiger partial charge in [-0.25, -0.2) is 9.78 Å². The van der Waals surface area contributed by atoms with E-state index in [1.54, 1.807) is 6.07 Å². The van der Waals surface area contributed by atoms with Gasteiger partial charge in [-0.3, -0.25) is 4.90 Å². The molecule has 0 saturated heterocycles. The maximum absolute atomic E-state index is 10.9. The van der Waals surface area contributed by atoms with Crippen LogP contribution in [0.3, 0.4) is 0 Å². The molecule has 0 bridgehead atoms. The second-order valence-corrected chi connectivity index (χ2v) is 6.09. The number of oxazole rings is 1. The van der Waals surface area contributed by atoms with E-state index in [1.807, 2.05) is 12.1 Å². The molecule has 1 unspecified atom stereocenters. The van der Waals surface area contributed by atoms with Crippen LogP contribution < -0.4 is 0 Å². The van der Waals surface area contributed by atoms with Crippen LogP contribution in [0.1, 0.15) is 42.2 Å². The van der Waals surface area contributed by atoms with Crippen LogP contribution >= 0.6 is 23.2 Å². The maximum Gasteiger partial charge on any atom is 0.357 e. The van der Waals surface area contributed by atoms with E-state index in [0.29, 0.717) is 29.0 Å². The minimum atomic E-state index is -1.10. The van der Waals surface area contributed by atoms with Gasteiger partial charge >= 0.3 is 5.97 Å². The molecule has 2 rings (SSSR count). The van der Waals surface area contributed by atoms with Crippen LogP contribution in [0.4, 0.5) is 0 Å². The van der Waals surface area contributed by atoms with Crippen molar-refractivity contribution in [2.45, 2.75) is 39.4 Å². The highest BCUT2D eigenvalue weighted by Crippen LogP contribution is 2.27. The molecule has 7 heteroatoms. The molecule has 5 nitrogen and oxygen atoms in total. The molecule has 23 heavy (non-hydrogen) atoms. The van der Waals surface area contributed by atoms with Gasteiger partial charge in [0.05, 0.1) is 16.6 Å². The molecule has 0 aliphatic heterocycles. The van der Waals surface area contributed by atoms with Crippen molar-refractivity contribution in [1.82, 2.24) is 9.88 Å². The summed E-state index contributed by atoms with van der Waals surface area (Å²) >= 11 is 12.3. The normalized spacial score (nSPS) is 12.6. The lowest BCUT2D eigenvalue weighted by Gasteiger charge is -2.27. The van der Waals surface area contributed by atoms with E-state index in [2.05, 4.69) is 23.7 Å². The summed E-state index contributed by atoms with van der Waals surface area (Å²) < 4.78 is 5.25. The van der Waals surface area contributed by atoms with Gasteiger partial charge in [-0.1, -0.05) is 42.3 Å². The summed E-state index contributed by atoms with van der Waals surface area (Å²) in [5.74, 6) is -0.742. The van der Waals surface area contributed by atoms with Crippen molar-refractivity contribution in [3.05, 3.63) is 51.7 Å². The summed E-state index contributed by atoms with van der Waals surface area (Å²) in [5.41, 5.74) is 0.814. The molecule has 2 aromatic rings. The quantitative estimate of drug-likeness (QED) is 0.791. The molecule has 1 atom stereocenters. The Kier molecular flexibility index (Phi) is 6.04. The molecule has 1 N–H and O–H groups in total. The first-order valence-electron chi connectivity index (χ1n) is 7.27. The SMILES string of the molecule is CCC(C)N(Cc1nc(C(=O)O)co1)Cc1cccc(Cl)c1Cl. The molecule has 124 valence electrons. The Hall–Kier alpha value is -1.56. The van der Waals surface area contributed by atoms with Gasteiger partial charge in [-0.05, 0) is 25.0 Å². The number of carboxylic acids is 1. The number of aromatic carboxylic acids is 1. The number of halogens is 2. The van der Waals surface area contributed by atoms with Gasteiger partial charge in [-0.2, -0.15) is 0 Å². The Labute approximate surface area is 144 Å². The van der Waals surface area contributed by atoms with Gasteiger partial charge in [0.1, 0.15) is 6.26 Å². The fourth-order valence-electron chi connectivity index (χ4n) is 2.17. The third-order valence-electron chi connectivity index (χ3n) is 3.73. The average molecular weight is 357 g/mol. The van der Waals surface area contributed by atoms with Gasteiger partial charge in [0.15, 0.2) is 5.69 Å². The van der Waals surface area contributed by atoms with E-state index in [9.17, 15) is 4.79 Å². The highest BCUT2D eigenvalue weighted by molar-refractivity contribution is 6.42. The first kappa shape index (κ1) is 17.8. The van der Waals surface area contributed by atoms with Crippen LogP contribution in [0.25, 0.3) is 0 Å². The third kappa shape index (κ3) is 4.47. The predicted octanol–water partition coefficient (Wildman–Crippen LogP) is 4.48. The second kappa shape index (κ2) is 7.81. The van der Waals surface area contributed by atoms with Crippen molar-refractivity contribution in [2.75, 3.05) is 0 Å². The van der Waals surface area contributed by atoms with E-state index in [4.69, 9.17) is 32.7 Å². The number of benzene rings is 1. The molecule has 0 spiro atoms. The van der Waals surface area contributed by atoms with Crippen molar-refractivity contribution in [3.63, 3.8) is 0 Å². The fourth-order valence-corrected chi connectivity index (χ4v) is 2.55. The van der Waals surface area contributed by atoms with Crippen molar-refractivity contribution < 1.29 is 14.3 Å². The van der Waals surface area contributed by atoms with Crippen molar-refractivity contribution in [1.29, 1.82) is 0 Å². The highest BCUT2D eigenvalue weighted by Gasteiger charge is 2.19. The van der Waals surface area contributed by atoms with Crippen LogP contribution in [0.5, 0.6) is 0 Å². The van der Waals surface area contributed by atoms with E-state index < -0.39 is 5.97 Å². The minimum Gasteiger partial charge on any atom is -0.476 e. The number of carboxylic acid groups (broad SMARTS) is 1. The number of nitrogens with zero attached hydrogens (tertiary/aromatic N) is 2. The Morgan fingerprint density at radius 2 is 2.13 bits per heavy atom. The molecule has 0 amide bonds. The maximum atomic E-state index is 10.9. The van der Waals surface area contributed by atoms with E-state index in [0.717, 1.165) is 18.2 Å². The summed E-state index contributed by atoms with van der Waals surface area (Å²) in [6.07, 6.45) is 2.07. The topological polar surface area (TPSA) is 66.6 Å². The number of rotatable bonds is 7. The highest BCUT2D eigenvalue weighted by atomic mass is 35.5. The van der Waals surface area contributed by atoms with Gasteiger partial charge in [0.2, 0.25) is 5.89 Å². The molecular formula is C16H18Cl2N2O3. The monoisotopic (exact) mass is 356 g/mol. The zero-order valence-corrected chi connectivity index (χ0v) is 14.4. The van der Waals surface area contributed by atoms with E-state index >= 15 is 0 Å². The molecule has 0 saturated carbocycles. The van der Waals surface area contributed by atoms with Crippen molar-refractivity contribution in [3.8, 4) is 0 Å². The van der Waals surface area contributed by atoms with Crippen molar-refractivity contribution in [2.24, 2.45) is 0 Å². The van der Waals surface area contributed by atoms with Gasteiger partial charge in [-0.15, -0.1) is 0 Å². The van der Waals surface area contributed by atoms with E-state index in [-0.39, 0.29) is 11.7 Å². The number of carbonyl (C=O) groups is 1. The molecule has 0 radical (unpaired) electrons. The minimum absolute atomic E-state index is 0.0927. The Morgan fingerprint density at radius 1 is 1.39 bits per heavy atom. The molecular weight excluding hydrogens is 339 g/mol. The zero-order valence-electron chi connectivity index (χ0n) is 12.9. The summed E-state index contributed by atoms with van der Waals surface area (Å²) in [7, 11) is 0. The summed E-state index contributed by atoms with van der Waals surface area (Å²) in [6, 6.07) is 5.76. The molecule has 0 aliphatic rings. The van der Waals surface area contributed by atoms with Gasteiger partial charge < -0.3 is 9.52 Å². The Bertz CT molecular complexity index is 688. The van der Waals surface area contributed by atoms with Crippen LogP contribution in [-0.2, 0) is 13.1 Å². The number of aromatic nitrogens is 1. The van der Waals surface area contributed by atoms with Crippen LogP contribution in [0.15, 0.2) is 28.9 Å². The van der Waals surface area contributed by atoms with Gasteiger partial charge in [0, 0.05) is 12.6 Å². The Balaban J connectivity index is 2.19. The first-order chi connectivity index (χ1) is 10.9. The summed E-state index contributed by atoms with van der Waals surface area (Å²) in [4.78, 5) is 17.0. The largest absolute Gasteiger partial charge is 0.476 e. The molecule has 0 fully saturated rings. The smallest absolute Gasteiger partial charge is 0.357 e. The Morgan fingerprint density at radius 3 is 2.74 bits per heavy atom. The molecule has 1 aromatic heterocycles. The fraction of sp³-hybridized carbons (Fsp3) is 0.375. The average Bonchev–Trinajstić information content (AvgIpc) is 2.99. The first-order valence-corrected chi connectivity index (χ1v) is 8.02. The standard InChI is InChI=1S/C16H18Cl2N2O3/c1-3-10(2)20(7-11-5-4-6-12(17)15(11)18)8-14-19-13(9-23-14)16(21)22/h4-6,9-10H,3,7-8H2,1-2H3,(H,21,22). The molecule has 0 aliphatic carbocycles. The lowest BCUT2D eigenvalue weighted by Crippen LogP contribution is -2.32. The van der Waals surface area contributed by atoms with Gasteiger partial charge in [0.25, 0.3) is 0 Å². The van der Waals surface area contributed by atoms with Crippen molar-refractivity contribution >= 4 is 29.2 Å². The number of hydrogen-bond acceptors (Lipinski definition) is 4. The molecule has 1 heterocycles. The van der Waals surface area contributed by atoms with E-state index in [1.165, 1.54) is 0 Å². The lowest BCUT2D eigenvalue weighted by molar-refractivity contribution is 0.0690. The predicted molar refractivity (Wildman–Crippen MR) is 88.9 cm³/mol. The lowest BCUT2D eigenvalue weighted by atomic mass is 10.1. The zero-order chi connectivity index (χ0) is 17.0. The summed E-state index contributed by atoms with van der Waals surface area (Å²) in [6.45, 7) is 5.12. The molecule has 1 aromatic carbocycles. The number of hydrogen-bond donors (Lipinski definition) is 1. The second-order valence-electron chi connectivity index (χ2n) is 5.31. The van der Waals surface area contributed by atoms with Crippen LogP contribution in [0, 0.1) is 0 Å². The third-order valence-corrected chi connectivity index (χ3v) is 4.59. The van der Waals surface area contributed by atoms with Crippen LogP contribution in [-0.4, -0.2) is 27.0 Å².